The first kappa shape index (κ1) is 20.2. The Morgan fingerprint density at radius 3 is 2.29 bits per heavy atom. The zero-order valence-electron chi connectivity index (χ0n) is 11.6. The molecule has 2 N–H and O–H groups in total. The van der Waals surface area contributed by atoms with Crippen LogP contribution in [0.4, 0.5) is 13.2 Å². The molecule has 0 aliphatic heterocycles. The van der Waals surface area contributed by atoms with Crippen LogP contribution in [0.15, 0.2) is 23.1 Å². The molecule has 0 bridgehead atoms. The molecule has 0 unspecified atom stereocenters. The number of nitrogens with one attached hydrogen (secondary N) is 2. The van der Waals surface area contributed by atoms with E-state index in [9.17, 15) is 21.6 Å². The van der Waals surface area contributed by atoms with Crippen molar-refractivity contribution in [3.8, 4) is 0 Å². The highest BCUT2D eigenvalue weighted by Gasteiger charge is 2.31. The van der Waals surface area contributed by atoms with Crippen LogP contribution in [0, 0.1) is 6.92 Å². The molecule has 0 fully saturated rings. The Kier molecular flexibility index (Phi) is 7.66. The smallest absolute Gasteiger partial charge is 0.316 e. The number of hydrogen-bond acceptors (Lipinski definition) is 3. The Morgan fingerprint density at radius 2 is 1.81 bits per heavy atom. The summed E-state index contributed by atoms with van der Waals surface area (Å²) in [6.45, 7) is 4.57. The molecule has 0 aliphatic rings. The van der Waals surface area contributed by atoms with Gasteiger partial charge in [0.25, 0.3) is 0 Å². The third-order valence-corrected chi connectivity index (χ3v) is 4.26. The van der Waals surface area contributed by atoms with E-state index in [1.807, 2.05) is 6.92 Å². The predicted octanol–water partition coefficient (Wildman–Crippen LogP) is 2.32. The maximum absolute atomic E-state index is 12.5. The molecular formula is C12H18ClF3N2O2S. The number of rotatable bonds is 6. The number of benzene rings is 1. The second-order valence-electron chi connectivity index (χ2n) is 4.23. The van der Waals surface area contributed by atoms with Gasteiger partial charge in [0, 0.05) is 13.1 Å². The molecule has 1 rings (SSSR count). The SMILES string of the molecule is CCNCCNS(=O)(=O)c1ccc(C(F)(F)F)cc1C.Cl. The number of halogens is 4. The van der Waals surface area contributed by atoms with Crippen molar-refractivity contribution >= 4 is 22.4 Å². The van der Waals surface area contributed by atoms with Gasteiger partial charge in [0.2, 0.25) is 10.0 Å². The van der Waals surface area contributed by atoms with E-state index in [4.69, 9.17) is 0 Å². The number of likely N-dealkylation sites (N-methyl/N-ethyl adjacent to an activating group) is 1. The van der Waals surface area contributed by atoms with Crippen LogP contribution in [-0.2, 0) is 16.2 Å². The Hall–Kier alpha value is -0.830. The minimum Gasteiger partial charge on any atom is -0.316 e. The van der Waals surface area contributed by atoms with E-state index in [2.05, 4.69) is 10.0 Å². The highest BCUT2D eigenvalue weighted by molar-refractivity contribution is 7.89. The molecule has 1 aromatic carbocycles. The summed E-state index contributed by atoms with van der Waals surface area (Å²) in [5.41, 5.74) is -0.794. The van der Waals surface area contributed by atoms with E-state index in [1.54, 1.807) is 0 Å². The Balaban J connectivity index is 0.00000400. The van der Waals surface area contributed by atoms with Crippen molar-refractivity contribution in [1.29, 1.82) is 0 Å². The average Bonchev–Trinajstić information content (AvgIpc) is 2.33. The van der Waals surface area contributed by atoms with Crippen LogP contribution >= 0.6 is 12.4 Å². The van der Waals surface area contributed by atoms with E-state index in [0.29, 0.717) is 13.1 Å². The lowest BCUT2D eigenvalue weighted by Crippen LogP contribution is -2.32. The van der Waals surface area contributed by atoms with Gasteiger partial charge in [-0.25, -0.2) is 13.1 Å². The fourth-order valence-electron chi connectivity index (χ4n) is 1.66. The van der Waals surface area contributed by atoms with Crippen molar-refractivity contribution in [2.45, 2.75) is 24.9 Å². The van der Waals surface area contributed by atoms with E-state index in [1.165, 1.54) is 6.92 Å². The molecular weight excluding hydrogens is 329 g/mol. The maximum Gasteiger partial charge on any atom is 0.416 e. The predicted molar refractivity (Wildman–Crippen MR) is 77.2 cm³/mol. The molecule has 0 saturated heterocycles. The summed E-state index contributed by atoms with van der Waals surface area (Å²) >= 11 is 0. The highest BCUT2D eigenvalue weighted by atomic mass is 35.5. The molecule has 0 heterocycles. The Labute approximate surface area is 128 Å². The van der Waals surface area contributed by atoms with Crippen molar-refractivity contribution in [1.82, 2.24) is 10.0 Å². The molecule has 1 aromatic rings. The quantitative estimate of drug-likeness (QED) is 0.777. The summed E-state index contributed by atoms with van der Waals surface area (Å²) in [5, 5.41) is 2.94. The second-order valence-corrected chi connectivity index (χ2v) is 5.96. The average molecular weight is 347 g/mol. The summed E-state index contributed by atoms with van der Waals surface area (Å²) in [5.74, 6) is 0. The number of hydrogen-bond donors (Lipinski definition) is 2. The van der Waals surface area contributed by atoms with Gasteiger partial charge in [0.05, 0.1) is 10.5 Å². The van der Waals surface area contributed by atoms with Gasteiger partial charge in [0.15, 0.2) is 0 Å². The lowest BCUT2D eigenvalue weighted by Gasteiger charge is -2.12. The lowest BCUT2D eigenvalue weighted by molar-refractivity contribution is -0.137. The van der Waals surface area contributed by atoms with Crippen molar-refractivity contribution in [3.05, 3.63) is 29.3 Å². The van der Waals surface area contributed by atoms with Crippen LogP contribution in [-0.4, -0.2) is 28.1 Å². The molecule has 0 amide bonds. The van der Waals surface area contributed by atoms with E-state index < -0.39 is 21.8 Å². The molecule has 0 aromatic heterocycles. The van der Waals surface area contributed by atoms with Gasteiger partial charge in [-0.2, -0.15) is 13.2 Å². The van der Waals surface area contributed by atoms with Crippen molar-refractivity contribution in [2.24, 2.45) is 0 Å². The summed E-state index contributed by atoms with van der Waals surface area (Å²) in [4.78, 5) is -0.137. The van der Waals surface area contributed by atoms with Crippen molar-refractivity contribution < 1.29 is 21.6 Å². The summed E-state index contributed by atoms with van der Waals surface area (Å²) in [7, 11) is -3.79. The third kappa shape index (κ3) is 5.82. The van der Waals surface area contributed by atoms with Gasteiger partial charge in [-0.3, -0.25) is 0 Å². The van der Waals surface area contributed by atoms with Crippen LogP contribution < -0.4 is 10.0 Å². The largest absolute Gasteiger partial charge is 0.416 e. The summed E-state index contributed by atoms with van der Waals surface area (Å²) < 4.78 is 63.8. The molecule has 0 aliphatic carbocycles. The zero-order valence-corrected chi connectivity index (χ0v) is 13.3. The molecule has 0 atom stereocenters. The maximum atomic E-state index is 12.5. The standard InChI is InChI=1S/C12H17F3N2O2S.ClH/c1-3-16-6-7-17-20(18,19)11-5-4-10(8-9(11)2)12(13,14)15;/h4-5,8,16-17H,3,6-7H2,1-2H3;1H. The van der Waals surface area contributed by atoms with Crippen LogP contribution in [0.3, 0.4) is 0 Å². The monoisotopic (exact) mass is 346 g/mol. The first-order valence-electron chi connectivity index (χ1n) is 6.06. The van der Waals surface area contributed by atoms with Crippen LogP contribution in [0.2, 0.25) is 0 Å². The van der Waals surface area contributed by atoms with E-state index in [-0.39, 0.29) is 29.4 Å². The Morgan fingerprint density at radius 1 is 1.19 bits per heavy atom. The molecule has 0 saturated carbocycles. The topological polar surface area (TPSA) is 58.2 Å². The second kappa shape index (κ2) is 7.98. The van der Waals surface area contributed by atoms with Gasteiger partial charge < -0.3 is 5.32 Å². The minimum atomic E-state index is -4.48. The molecule has 122 valence electrons. The van der Waals surface area contributed by atoms with Gasteiger partial charge in [-0.1, -0.05) is 6.92 Å². The fourth-order valence-corrected chi connectivity index (χ4v) is 2.91. The third-order valence-electron chi connectivity index (χ3n) is 2.64. The lowest BCUT2D eigenvalue weighted by atomic mass is 10.1. The number of alkyl halides is 3. The molecule has 0 radical (unpaired) electrons. The van der Waals surface area contributed by atoms with Crippen molar-refractivity contribution in [2.75, 3.05) is 19.6 Å². The van der Waals surface area contributed by atoms with Gasteiger partial charge in [-0.05, 0) is 37.2 Å². The van der Waals surface area contributed by atoms with Crippen LogP contribution in [0.1, 0.15) is 18.1 Å². The van der Waals surface area contributed by atoms with Gasteiger partial charge in [0.1, 0.15) is 0 Å². The first-order valence-corrected chi connectivity index (χ1v) is 7.55. The van der Waals surface area contributed by atoms with E-state index in [0.717, 1.165) is 18.2 Å². The number of sulfonamides is 1. The van der Waals surface area contributed by atoms with Gasteiger partial charge in [-0.15, -0.1) is 12.4 Å². The zero-order chi connectivity index (χ0) is 15.4. The first-order chi connectivity index (χ1) is 9.18. The minimum absolute atomic E-state index is 0. The molecule has 9 heteroatoms. The van der Waals surface area contributed by atoms with Crippen molar-refractivity contribution in [3.63, 3.8) is 0 Å². The number of aryl methyl sites for hydroxylation is 1. The normalized spacial score (nSPS) is 12.0. The van der Waals surface area contributed by atoms with Gasteiger partial charge >= 0.3 is 6.18 Å². The van der Waals surface area contributed by atoms with Crippen LogP contribution in [0.25, 0.3) is 0 Å². The molecule has 4 nitrogen and oxygen atoms in total. The molecule has 0 spiro atoms. The highest BCUT2D eigenvalue weighted by Crippen LogP contribution is 2.31. The fraction of sp³-hybridized carbons (Fsp3) is 0.500. The molecule has 21 heavy (non-hydrogen) atoms. The summed E-state index contributed by atoms with van der Waals surface area (Å²) in [6, 6.07) is 2.58. The summed E-state index contributed by atoms with van der Waals surface area (Å²) in [6.07, 6.45) is -4.48. The van der Waals surface area contributed by atoms with E-state index >= 15 is 0 Å². The van der Waals surface area contributed by atoms with Crippen LogP contribution in [0.5, 0.6) is 0 Å². The Bertz CT molecular complexity index is 562.